The van der Waals surface area contributed by atoms with Crippen molar-refractivity contribution in [2.24, 2.45) is 0 Å². The topological polar surface area (TPSA) is 50.8 Å². The number of ether oxygens (including phenoxy) is 1. The molecule has 0 aliphatic heterocycles. The minimum atomic E-state index is 0.402. The zero-order valence-corrected chi connectivity index (χ0v) is 7.09. The van der Waals surface area contributed by atoms with Crippen LogP contribution in [0.5, 0.6) is 0 Å². The summed E-state index contributed by atoms with van der Waals surface area (Å²) >= 11 is 0. The summed E-state index contributed by atoms with van der Waals surface area (Å²) in [5.74, 6) is 0.402. The molecule has 0 unspecified atom stereocenters. The average Bonchev–Trinajstić information content (AvgIpc) is 2.36. The minimum absolute atomic E-state index is 0.402. The van der Waals surface area contributed by atoms with Crippen LogP contribution in [0.2, 0.25) is 0 Å². The molecule has 1 aromatic heterocycles. The van der Waals surface area contributed by atoms with Crippen molar-refractivity contribution in [2.45, 2.75) is 26.4 Å². The van der Waals surface area contributed by atoms with E-state index in [1.165, 1.54) is 0 Å². The number of H-pyrrole nitrogens is 1. The van der Waals surface area contributed by atoms with Gasteiger partial charge in [-0.15, -0.1) is 0 Å². The first-order chi connectivity index (χ1) is 5.25. The largest absolute Gasteiger partial charge is 0.378 e. The lowest BCUT2D eigenvalue weighted by molar-refractivity contribution is 0.180. The maximum Gasteiger partial charge on any atom is 0.112 e. The molecule has 4 heteroatoms. The zero-order valence-electron chi connectivity index (χ0n) is 7.09. The molecule has 1 N–H and O–H groups in total. The Morgan fingerprint density at radius 3 is 2.73 bits per heavy atom. The zero-order chi connectivity index (χ0) is 8.27. The Hall–Kier alpha value is -0.900. The lowest BCUT2D eigenvalue weighted by Gasteiger charge is -2.00. The number of aromatic amines is 1. The smallest absolute Gasteiger partial charge is 0.112 e. The van der Waals surface area contributed by atoms with Gasteiger partial charge < -0.3 is 4.74 Å². The Morgan fingerprint density at radius 2 is 2.18 bits per heavy atom. The van der Waals surface area contributed by atoms with Crippen LogP contribution in [0.3, 0.4) is 0 Å². The van der Waals surface area contributed by atoms with Crippen LogP contribution < -0.4 is 0 Å². The molecule has 0 saturated heterocycles. The van der Waals surface area contributed by atoms with Crippen LogP contribution in [0.15, 0.2) is 0 Å². The third kappa shape index (κ3) is 1.77. The van der Waals surface area contributed by atoms with Crippen molar-refractivity contribution >= 4 is 0 Å². The first-order valence-corrected chi connectivity index (χ1v) is 3.64. The van der Waals surface area contributed by atoms with Gasteiger partial charge in [0.15, 0.2) is 0 Å². The van der Waals surface area contributed by atoms with E-state index in [4.69, 9.17) is 4.74 Å². The Morgan fingerprint density at radius 1 is 1.45 bits per heavy atom. The van der Waals surface area contributed by atoms with Gasteiger partial charge in [-0.25, -0.2) is 0 Å². The van der Waals surface area contributed by atoms with Crippen molar-refractivity contribution in [3.8, 4) is 0 Å². The molecule has 1 heterocycles. The van der Waals surface area contributed by atoms with E-state index in [0.29, 0.717) is 12.5 Å². The summed E-state index contributed by atoms with van der Waals surface area (Å²) in [6.45, 7) is 4.69. The Labute approximate surface area is 66.0 Å². The molecule has 1 rings (SSSR count). The number of nitrogens with one attached hydrogen (secondary N) is 1. The lowest BCUT2D eigenvalue weighted by atomic mass is 10.1. The number of nitrogens with zero attached hydrogens (tertiary/aromatic N) is 2. The molecule has 1 aromatic rings. The molecule has 0 aliphatic carbocycles. The predicted octanol–water partition coefficient (Wildman–Crippen LogP) is 1.07. The van der Waals surface area contributed by atoms with Crippen LogP contribution in [0, 0.1) is 0 Å². The van der Waals surface area contributed by atoms with E-state index < -0.39 is 0 Å². The number of methoxy groups -OCH3 is 1. The maximum atomic E-state index is 4.95. The number of hydrogen-bond donors (Lipinski definition) is 1. The highest BCUT2D eigenvalue weighted by Crippen LogP contribution is 2.14. The highest BCUT2D eigenvalue weighted by Gasteiger charge is 2.09. The molecule has 0 bridgehead atoms. The van der Waals surface area contributed by atoms with Crippen LogP contribution in [-0.4, -0.2) is 22.5 Å². The molecule has 0 aliphatic rings. The Balaban J connectivity index is 2.78. The monoisotopic (exact) mass is 155 g/mol. The van der Waals surface area contributed by atoms with Gasteiger partial charge in [-0.3, -0.25) is 0 Å². The van der Waals surface area contributed by atoms with Gasteiger partial charge in [-0.05, 0) is 5.92 Å². The second kappa shape index (κ2) is 3.48. The predicted molar refractivity (Wildman–Crippen MR) is 41.2 cm³/mol. The van der Waals surface area contributed by atoms with Gasteiger partial charge in [0.2, 0.25) is 0 Å². The SMILES string of the molecule is COCc1n[nH]nc1C(C)C. The van der Waals surface area contributed by atoms with Crippen LogP contribution in [0.1, 0.15) is 31.2 Å². The summed E-state index contributed by atoms with van der Waals surface area (Å²) in [6.07, 6.45) is 0. The van der Waals surface area contributed by atoms with Gasteiger partial charge in [-0.2, -0.15) is 15.4 Å². The van der Waals surface area contributed by atoms with Crippen molar-refractivity contribution in [2.75, 3.05) is 7.11 Å². The molecular formula is C7H13N3O. The van der Waals surface area contributed by atoms with Crippen molar-refractivity contribution in [3.63, 3.8) is 0 Å². The number of hydrogen-bond acceptors (Lipinski definition) is 3. The van der Waals surface area contributed by atoms with Crippen LogP contribution >= 0.6 is 0 Å². The average molecular weight is 155 g/mol. The highest BCUT2D eigenvalue weighted by molar-refractivity contribution is 5.11. The first-order valence-electron chi connectivity index (χ1n) is 3.64. The maximum absolute atomic E-state index is 4.95. The van der Waals surface area contributed by atoms with Crippen molar-refractivity contribution in [1.82, 2.24) is 15.4 Å². The van der Waals surface area contributed by atoms with E-state index in [1.807, 2.05) is 0 Å². The fourth-order valence-electron chi connectivity index (χ4n) is 0.966. The Bertz CT molecular complexity index is 219. The minimum Gasteiger partial charge on any atom is -0.378 e. The van der Waals surface area contributed by atoms with Crippen LogP contribution in [0.25, 0.3) is 0 Å². The third-order valence-corrected chi connectivity index (χ3v) is 1.48. The highest BCUT2D eigenvalue weighted by atomic mass is 16.5. The van der Waals surface area contributed by atoms with Gasteiger partial charge in [0.05, 0.1) is 12.3 Å². The molecular weight excluding hydrogens is 142 g/mol. The van der Waals surface area contributed by atoms with E-state index >= 15 is 0 Å². The van der Waals surface area contributed by atoms with Crippen molar-refractivity contribution < 1.29 is 4.74 Å². The van der Waals surface area contributed by atoms with E-state index in [9.17, 15) is 0 Å². The van der Waals surface area contributed by atoms with E-state index in [0.717, 1.165) is 11.4 Å². The molecule has 0 radical (unpaired) electrons. The van der Waals surface area contributed by atoms with E-state index in [1.54, 1.807) is 7.11 Å². The molecule has 4 nitrogen and oxygen atoms in total. The standard InChI is InChI=1S/C7H13N3O/c1-5(2)7-6(4-11-3)8-10-9-7/h5H,4H2,1-3H3,(H,8,9,10). The molecule has 0 aromatic carbocycles. The Kier molecular flexibility index (Phi) is 2.59. The molecule has 0 amide bonds. The summed E-state index contributed by atoms with van der Waals surface area (Å²) in [5, 5.41) is 10.6. The van der Waals surface area contributed by atoms with E-state index in [-0.39, 0.29) is 0 Å². The number of aromatic nitrogens is 3. The normalized spacial score (nSPS) is 10.9. The molecule has 0 spiro atoms. The van der Waals surface area contributed by atoms with E-state index in [2.05, 4.69) is 29.3 Å². The molecule has 0 saturated carbocycles. The number of rotatable bonds is 3. The third-order valence-electron chi connectivity index (χ3n) is 1.48. The quantitative estimate of drug-likeness (QED) is 0.710. The summed E-state index contributed by atoms with van der Waals surface area (Å²) in [4.78, 5) is 0. The second-order valence-corrected chi connectivity index (χ2v) is 2.74. The van der Waals surface area contributed by atoms with Gasteiger partial charge in [0.1, 0.15) is 5.69 Å². The van der Waals surface area contributed by atoms with Gasteiger partial charge in [0, 0.05) is 7.11 Å². The molecule has 62 valence electrons. The summed E-state index contributed by atoms with van der Waals surface area (Å²) in [6, 6.07) is 0. The van der Waals surface area contributed by atoms with Crippen molar-refractivity contribution in [3.05, 3.63) is 11.4 Å². The second-order valence-electron chi connectivity index (χ2n) is 2.74. The fourth-order valence-corrected chi connectivity index (χ4v) is 0.966. The lowest BCUT2D eigenvalue weighted by Crippen LogP contribution is -1.96. The van der Waals surface area contributed by atoms with Crippen LogP contribution in [0.4, 0.5) is 0 Å². The van der Waals surface area contributed by atoms with Crippen molar-refractivity contribution in [1.29, 1.82) is 0 Å². The van der Waals surface area contributed by atoms with Crippen LogP contribution in [-0.2, 0) is 11.3 Å². The summed E-state index contributed by atoms with van der Waals surface area (Å²) in [7, 11) is 1.65. The van der Waals surface area contributed by atoms with Gasteiger partial charge >= 0.3 is 0 Å². The fraction of sp³-hybridized carbons (Fsp3) is 0.714. The van der Waals surface area contributed by atoms with Gasteiger partial charge in [0.25, 0.3) is 0 Å². The summed E-state index contributed by atoms with van der Waals surface area (Å²) in [5.41, 5.74) is 1.90. The molecule has 11 heavy (non-hydrogen) atoms. The summed E-state index contributed by atoms with van der Waals surface area (Å²) < 4.78 is 4.95. The molecule has 0 atom stereocenters. The van der Waals surface area contributed by atoms with Gasteiger partial charge in [-0.1, -0.05) is 13.8 Å². The first kappa shape index (κ1) is 8.20. The molecule has 0 fully saturated rings.